The predicted molar refractivity (Wildman–Crippen MR) is 110 cm³/mol. The number of hydrogen-bond donors (Lipinski definition) is 1. The first-order valence-electron chi connectivity index (χ1n) is 7.86. The van der Waals surface area contributed by atoms with Gasteiger partial charge >= 0.3 is 0 Å². The van der Waals surface area contributed by atoms with Crippen molar-refractivity contribution >= 4 is 49.9 Å². The number of sulfonamides is 1. The molecule has 5 nitrogen and oxygen atoms in total. The molecule has 2 aromatic carbocycles. The second-order valence-electron chi connectivity index (χ2n) is 5.78. The fourth-order valence-electron chi connectivity index (χ4n) is 2.45. The highest BCUT2D eigenvalue weighted by Gasteiger charge is 2.19. The van der Waals surface area contributed by atoms with Crippen molar-refractivity contribution in [1.29, 1.82) is 0 Å². The van der Waals surface area contributed by atoms with E-state index >= 15 is 0 Å². The Labute approximate surface area is 162 Å². The van der Waals surface area contributed by atoms with E-state index in [1.54, 1.807) is 6.07 Å². The fraction of sp³-hybridized carbons (Fsp3) is 0.278. The maximum absolute atomic E-state index is 12.1. The van der Waals surface area contributed by atoms with Gasteiger partial charge in [0.1, 0.15) is 0 Å². The molecule has 134 valence electrons. The highest BCUT2D eigenvalue weighted by atomic mass is 127. The number of carbonyl (C=O) groups excluding carboxylic acids is 1. The Bertz CT molecular complexity index is 836. The van der Waals surface area contributed by atoms with Gasteiger partial charge in [-0.05, 0) is 71.8 Å². The van der Waals surface area contributed by atoms with Crippen LogP contribution in [-0.4, -0.2) is 27.1 Å². The number of benzene rings is 2. The van der Waals surface area contributed by atoms with E-state index < -0.39 is 10.0 Å². The van der Waals surface area contributed by atoms with Gasteiger partial charge in [-0.15, -0.1) is 0 Å². The summed E-state index contributed by atoms with van der Waals surface area (Å²) >= 11 is 2.20. The minimum atomic E-state index is -3.40. The van der Waals surface area contributed by atoms with E-state index in [0.29, 0.717) is 12.1 Å². The molecule has 25 heavy (non-hydrogen) atoms. The normalized spacial score (nSPS) is 11.2. The maximum Gasteiger partial charge on any atom is 0.232 e. The minimum absolute atomic E-state index is 0.126. The number of hydrogen-bond acceptors (Lipinski definition) is 3. The standard InChI is InChI=1S/C18H21IN2O3S/c1-14-6-3-4-7-17(14)21(25(2,23)24)13-5-8-18(22)20-16-11-9-15(19)10-12-16/h3-4,6-7,9-12H,5,8,13H2,1-2H3,(H,20,22). The van der Waals surface area contributed by atoms with Gasteiger partial charge < -0.3 is 5.32 Å². The Balaban J connectivity index is 1.96. The first-order chi connectivity index (χ1) is 11.8. The molecular formula is C18H21IN2O3S. The Hall–Kier alpha value is -1.61. The second kappa shape index (κ2) is 8.66. The van der Waals surface area contributed by atoms with Crippen LogP contribution in [0.25, 0.3) is 0 Å². The van der Waals surface area contributed by atoms with Crippen LogP contribution in [0.15, 0.2) is 48.5 Å². The van der Waals surface area contributed by atoms with Gasteiger partial charge in [0.2, 0.25) is 15.9 Å². The summed E-state index contributed by atoms with van der Waals surface area (Å²) < 4.78 is 26.7. The second-order valence-corrected chi connectivity index (χ2v) is 8.93. The molecule has 2 rings (SSSR count). The van der Waals surface area contributed by atoms with Crippen LogP contribution >= 0.6 is 22.6 Å². The highest BCUT2D eigenvalue weighted by molar-refractivity contribution is 14.1. The van der Waals surface area contributed by atoms with Gasteiger partial charge in [-0.3, -0.25) is 9.10 Å². The summed E-state index contributed by atoms with van der Waals surface area (Å²) in [7, 11) is -3.40. The SMILES string of the molecule is Cc1ccccc1N(CCCC(=O)Nc1ccc(I)cc1)S(C)(=O)=O. The zero-order valence-corrected chi connectivity index (χ0v) is 17.2. The molecule has 0 aliphatic rings. The molecule has 0 radical (unpaired) electrons. The molecule has 0 saturated carbocycles. The van der Waals surface area contributed by atoms with Crippen molar-refractivity contribution in [2.45, 2.75) is 19.8 Å². The Kier molecular flexibility index (Phi) is 6.83. The van der Waals surface area contributed by atoms with Gasteiger partial charge in [-0.25, -0.2) is 8.42 Å². The van der Waals surface area contributed by atoms with Crippen molar-refractivity contribution in [3.05, 3.63) is 57.7 Å². The summed E-state index contributed by atoms with van der Waals surface area (Å²) in [5.41, 5.74) is 2.28. The van der Waals surface area contributed by atoms with E-state index in [-0.39, 0.29) is 18.9 Å². The molecule has 2 aromatic rings. The number of anilines is 2. The topological polar surface area (TPSA) is 66.5 Å². The van der Waals surface area contributed by atoms with Gasteiger partial charge in [0, 0.05) is 22.2 Å². The van der Waals surface area contributed by atoms with E-state index in [9.17, 15) is 13.2 Å². The lowest BCUT2D eigenvalue weighted by molar-refractivity contribution is -0.116. The quantitative estimate of drug-likeness (QED) is 0.624. The van der Waals surface area contributed by atoms with E-state index in [4.69, 9.17) is 0 Å². The summed E-state index contributed by atoms with van der Waals surface area (Å²) in [6, 6.07) is 14.8. The number of aryl methyl sites for hydroxylation is 1. The van der Waals surface area contributed by atoms with Gasteiger partial charge in [-0.1, -0.05) is 18.2 Å². The monoisotopic (exact) mass is 472 g/mol. The number of nitrogens with zero attached hydrogens (tertiary/aromatic N) is 1. The van der Waals surface area contributed by atoms with Crippen LogP contribution in [0.4, 0.5) is 11.4 Å². The highest BCUT2D eigenvalue weighted by Crippen LogP contribution is 2.22. The molecule has 1 N–H and O–H groups in total. The Morgan fingerprint density at radius 2 is 1.76 bits per heavy atom. The largest absolute Gasteiger partial charge is 0.326 e. The van der Waals surface area contributed by atoms with Gasteiger partial charge in [0.25, 0.3) is 0 Å². The summed E-state index contributed by atoms with van der Waals surface area (Å²) in [4.78, 5) is 12.1. The van der Waals surface area contributed by atoms with Crippen LogP contribution in [-0.2, 0) is 14.8 Å². The summed E-state index contributed by atoms with van der Waals surface area (Å²) in [6.45, 7) is 2.14. The summed E-state index contributed by atoms with van der Waals surface area (Å²) in [5, 5.41) is 2.82. The van der Waals surface area contributed by atoms with Crippen molar-refractivity contribution in [3.8, 4) is 0 Å². The van der Waals surface area contributed by atoms with Crippen LogP contribution in [0.2, 0.25) is 0 Å². The molecule has 0 saturated heterocycles. The molecule has 0 unspecified atom stereocenters. The average molecular weight is 472 g/mol. The molecule has 1 amide bonds. The van der Waals surface area contributed by atoms with Gasteiger partial charge in [-0.2, -0.15) is 0 Å². The fourth-order valence-corrected chi connectivity index (χ4v) is 3.83. The summed E-state index contributed by atoms with van der Waals surface area (Å²) in [6.07, 6.45) is 1.88. The van der Waals surface area contributed by atoms with E-state index in [1.807, 2.05) is 49.4 Å². The third kappa shape index (κ3) is 6.00. The number of halogens is 1. The lowest BCUT2D eigenvalue weighted by atomic mass is 10.2. The number of carbonyl (C=O) groups is 1. The Morgan fingerprint density at radius 1 is 1.12 bits per heavy atom. The van der Waals surface area contributed by atoms with Gasteiger partial charge in [0.05, 0.1) is 11.9 Å². The molecule has 0 aliphatic heterocycles. The molecule has 0 bridgehead atoms. The summed E-state index contributed by atoms with van der Waals surface area (Å²) in [5.74, 6) is -0.126. The molecule has 7 heteroatoms. The van der Waals surface area contributed by atoms with E-state index in [1.165, 1.54) is 10.6 Å². The van der Waals surface area contributed by atoms with Crippen molar-refractivity contribution in [2.24, 2.45) is 0 Å². The van der Waals surface area contributed by atoms with Crippen LogP contribution in [0, 0.1) is 10.5 Å². The van der Waals surface area contributed by atoms with Crippen molar-refractivity contribution < 1.29 is 13.2 Å². The third-order valence-corrected chi connectivity index (χ3v) is 5.58. The third-order valence-electron chi connectivity index (χ3n) is 3.68. The smallest absolute Gasteiger partial charge is 0.232 e. The first-order valence-corrected chi connectivity index (χ1v) is 10.8. The first kappa shape index (κ1) is 19.7. The van der Waals surface area contributed by atoms with E-state index in [0.717, 1.165) is 14.8 Å². The average Bonchev–Trinajstić information content (AvgIpc) is 2.54. The molecule has 0 aliphatic carbocycles. The zero-order chi connectivity index (χ0) is 18.4. The number of para-hydroxylation sites is 1. The molecule has 0 spiro atoms. The molecule has 0 fully saturated rings. The van der Waals surface area contributed by atoms with Crippen LogP contribution in [0.1, 0.15) is 18.4 Å². The molecular weight excluding hydrogens is 451 g/mol. The Morgan fingerprint density at radius 3 is 2.36 bits per heavy atom. The van der Waals surface area contributed by atoms with Crippen LogP contribution < -0.4 is 9.62 Å². The number of nitrogens with one attached hydrogen (secondary N) is 1. The van der Waals surface area contributed by atoms with Crippen LogP contribution in [0.5, 0.6) is 0 Å². The minimum Gasteiger partial charge on any atom is -0.326 e. The van der Waals surface area contributed by atoms with E-state index in [2.05, 4.69) is 27.9 Å². The van der Waals surface area contributed by atoms with Gasteiger partial charge in [0.15, 0.2) is 0 Å². The van der Waals surface area contributed by atoms with Crippen LogP contribution in [0.3, 0.4) is 0 Å². The van der Waals surface area contributed by atoms with Crippen molar-refractivity contribution in [3.63, 3.8) is 0 Å². The lowest BCUT2D eigenvalue weighted by Gasteiger charge is -2.24. The molecule has 0 heterocycles. The lowest BCUT2D eigenvalue weighted by Crippen LogP contribution is -2.32. The maximum atomic E-state index is 12.1. The van der Waals surface area contributed by atoms with Crippen molar-refractivity contribution in [1.82, 2.24) is 0 Å². The molecule has 0 atom stereocenters. The number of rotatable bonds is 7. The van der Waals surface area contributed by atoms with Crippen molar-refractivity contribution in [2.75, 3.05) is 22.4 Å². The number of amides is 1. The molecule has 0 aromatic heterocycles. The predicted octanol–water partition coefficient (Wildman–Crippen LogP) is 3.78. The zero-order valence-electron chi connectivity index (χ0n) is 14.2.